The molecule has 1 heterocycles. The smallest absolute Gasteiger partial charge is 0.334 e. The lowest BCUT2D eigenvalue weighted by Crippen LogP contribution is -2.41. The maximum atomic E-state index is 13.2. The van der Waals surface area contributed by atoms with Crippen molar-refractivity contribution < 1.29 is 18.0 Å². The minimum Gasteiger partial charge on any atom is -0.334 e. The molecule has 1 fully saturated rings. The summed E-state index contributed by atoms with van der Waals surface area (Å²) in [6.45, 7) is 0.574. The third-order valence-electron chi connectivity index (χ3n) is 4.86. The average molecular weight is 397 g/mol. The van der Waals surface area contributed by atoms with E-state index >= 15 is 0 Å². The van der Waals surface area contributed by atoms with Crippen molar-refractivity contribution in [2.75, 3.05) is 12.8 Å². The SMILES string of the molecule is CSc1ccccc1C(=O)N(CCn1ccc(C(F)(F)F)n1)C1CCCC1. The van der Waals surface area contributed by atoms with Crippen molar-refractivity contribution in [3.63, 3.8) is 0 Å². The fourth-order valence-corrected chi connectivity index (χ4v) is 4.08. The van der Waals surface area contributed by atoms with E-state index in [1.165, 1.54) is 22.6 Å². The van der Waals surface area contributed by atoms with Gasteiger partial charge >= 0.3 is 6.18 Å². The molecule has 146 valence electrons. The Bertz CT molecular complexity index is 785. The molecule has 3 rings (SSSR count). The van der Waals surface area contributed by atoms with Gasteiger partial charge < -0.3 is 4.90 Å². The molecule has 1 aliphatic rings. The molecule has 0 bridgehead atoms. The highest BCUT2D eigenvalue weighted by molar-refractivity contribution is 7.98. The number of amides is 1. The van der Waals surface area contributed by atoms with Crippen LogP contribution in [0.1, 0.15) is 41.7 Å². The zero-order chi connectivity index (χ0) is 19.4. The maximum absolute atomic E-state index is 13.2. The van der Waals surface area contributed by atoms with E-state index < -0.39 is 11.9 Å². The van der Waals surface area contributed by atoms with Crippen LogP contribution in [0.15, 0.2) is 41.4 Å². The summed E-state index contributed by atoms with van der Waals surface area (Å²) in [6.07, 6.45) is 2.78. The fraction of sp³-hybridized carbons (Fsp3) is 0.474. The standard InChI is InChI=1S/C19H22F3N3OS/c1-27-16-9-5-4-8-15(16)18(26)25(14-6-2-3-7-14)13-12-24-11-10-17(23-24)19(20,21)22/h4-5,8-11,14H,2-3,6-7,12-13H2,1H3. The van der Waals surface area contributed by atoms with Crippen LogP contribution in [0.4, 0.5) is 13.2 Å². The van der Waals surface area contributed by atoms with Gasteiger partial charge in [0.25, 0.3) is 5.91 Å². The molecule has 1 aliphatic carbocycles. The number of nitrogens with zero attached hydrogens (tertiary/aromatic N) is 3. The van der Waals surface area contributed by atoms with Crippen molar-refractivity contribution in [3.05, 3.63) is 47.8 Å². The van der Waals surface area contributed by atoms with E-state index in [2.05, 4.69) is 5.10 Å². The predicted molar refractivity (Wildman–Crippen MR) is 98.7 cm³/mol. The first kappa shape index (κ1) is 19.8. The average Bonchev–Trinajstić information content (AvgIpc) is 3.33. The van der Waals surface area contributed by atoms with Crippen molar-refractivity contribution in [2.24, 2.45) is 0 Å². The van der Waals surface area contributed by atoms with Crippen LogP contribution in [0.25, 0.3) is 0 Å². The molecule has 0 aliphatic heterocycles. The number of benzene rings is 1. The van der Waals surface area contributed by atoms with Gasteiger partial charge in [0.1, 0.15) is 0 Å². The van der Waals surface area contributed by atoms with Crippen LogP contribution >= 0.6 is 11.8 Å². The number of hydrogen-bond acceptors (Lipinski definition) is 3. The van der Waals surface area contributed by atoms with Gasteiger partial charge in [-0.3, -0.25) is 9.48 Å². The Hall–Kier alpha value is -1.96. The molecule has 27 heavy (non-hydrogen) atoms. The molecule has 1 aromatic heterocycles. The summed E-state index contributed by atoms with van der Waals surface area (Å²) < 4.78 is 39.5. The zero-order valence-electron chi connectivity index (χ0n) is 15.1. The predicted octanol–water partition coefficient (Wildman–Crippen LogP) is 4.71. The summed E-state index contributed by atoms with van der Waals surface area (Å²) in [6, 6.07) is 8.54. The van der Waals surface area contributed by atoms with Gasteiger partial charge in [-0.25, -0.2) is 0 Å². The molecule has 0 radical (unpaired) electrons. The Morgan fingerprint density at radius 2 is 1.96 bits per heavy atom. The highest BCUT2D eigenvalue weighted by Gasteiger charge is 2.34. The van der Waals surface area contributed by atoms with Crippen molar-refractivity contribution in [3.8, 4) is 0 Å². The summed E-state index contributed by atoms with van der Waals surface area (Å²) in [7, 11) is 0. The van der Waals surface area contributed by atoms with Gasteiger partial charge in [0.2, 0.25) is 0 Å². The van der Waals surface area contributed by atoms with Gasteiger partial charge in [-0.05, 0) is 37.3 Å². The number of thioether (sulfide) groups is 1. The quantitative estimate of drug-likeness (QED) is 0.663. The molecule has 1 aromatic carbocycles. The summed E-state index contributed by atoms with van der Waals surface area (Å²) in [4.78, 5) is 15.9. The number of hydrogen-bond donors (Lipinski definition) is 0. The summed E-state index contributed by atoms with van der Waals surface area (Å²) in [5, 5.41) is 3.60. The number of alkyl halides is 3. The number of carbonyl (C=O) groups excluding carboxylic acids is 1. The molecule has 1 saturated carbocycles. The third kappa shape index (κ3) is 4.66. The molecule has 2 aromatic rings. The minimum absolute atomic E-state index is 0.0601. The van der Waals surface area contributed by atoms with Crippen LogP contribution in [-0.2, 0) is 12.7 Å². The number of aromatic nitrogens is 2. The molecule has 0 spiro atoms. The van der Waals surface area contributed by atoms with Gasteiger partial charge in [0.15, 0.2) is 5.69 Å². The van der Waals surface area contributed by atoms with Crippen LogP contribution in [-0.4, -0.2) is 39.4 Å². The van der Waals surface area contributed by atoms with Gasteiger partial charge in [-0.1, -0.05) is 25.0 Å². The number of halogens is 3. The topological polar surface area (TPSA) is 38.1 Å². The summed E-state index contributed by atoms with van der Waals surface area (Å²) >= 11 is 1.51. The van der Waals surface area contributed by atoms with Gasteiger partial charge in [-0.2, -0.15) is 18.3 Å². The first-order valence-corrected chi connectivity index (χ1v) is 10.2. The molecule has 0 N–H and O–H groups in total. The second-order valence-corrected chi connectivity index (χ2v) is 7.45. The van der Waals surface area contributed by atoms with E-state index in [0.717, 1.165) is 36.6 Å². The molecule has 4 nitrogen and oxygen atoms in total. The molecule has 0 saturated heterocycles. The van der Waals surface area contributed by atoms with E-state index in [1.54, 1.807) is 0 Å². The van der Waals surface area contributed by atoms with Crippen molar-refractivity contribution in [2.45, 2.75) is 49.3 Å². The lowest BCUT2D eigenvalue weighted by molar-refractivity contribution is -0.141. The van der Waals surface area contributed by atoms with Crippen molar-refractivity contribution in [1.29, 1.82) is 0 Å². The van der Waals surface area contributed by atoms with Gasteiger partial charge in [-0.15, -0.1) is 11.8 Å². The molecule has 1 amide bonds. The highest BCUT2D eigenvalue weighted by Crippen LogP contribution is 2.29. The van der Waals surface area contributed by atoms with E-state index in [0.29, 0.717) is 12.1 Å². The molecular weight excluding hydrogens is 375 g/mol. The lowest BCUT2D eigenvalue weighted by atomic mass is 10.1. The summed E-state index contributed by atoms with van der Waals surface area (Å²) in [5.41, 5.74) is -0.262. The summed E-state index contributed by atoms with van der Waals surface area (Å²) in [5.74, 6) is -0.0601. The Kier molecular flexibility index (Phi) is 6.14. The van der Waals surface area contributed by atoms with E-state index in [-0.39, 0.29) is 18.5 Å². The molecular formula is C19H22F3N3OS. The Balaban J connectivity index is 1.77. The van der Waals surface area contributed by atoms with Gasteiger partial charge in [0, 0.05) is 23.7 Å². The van der Waals surface area contributed by atoms with Crippen LogP contribution in [0, 0.1) is 0 Å². The third-order valence-corrected chi connectivity index (χ3v) is 5.66. The maximum Gasteiger partial charge on any atom is 0.435 e. The van der Waals surface area contributed by atoms with Crippen LogP contribution in [0.3, 0.4) is 0 Å². The largest absolute Gasteiger partial charge is 0.435 e. The van der Waals surface area contributed by atoms with Gasteiger partial charge in [0.05, 0.1) is 12.1 Å². The minimum atomic E-state index is -4.45. The fourth-order valence-electron chi connectivity index (χ4n) is 3.49. The first-order valence-electron chi connectivity index (χ1n) is 8.95. The number of carbonyl (C=O) groups is 1. The van der Waals surface area contributed by atoms with Crippen molar-refractivity contribution >= 4 is 17.7 Å². The van der Waals surface area contributed by atoms with E-state index in [9.17, 15) is 18.0 Å². The molecule has 0 atom stereocenters. The van der Waals surface area contributed by atoms with Crippen LogP contribution in [0.2, 0.25) is 0 Å². The highest BCUT2D eigenvalue weighted by atomic mass is 32.2. The van der Waals surface area contributed by atoms with Crippen LogP contribution < -0.4 is 0 Å². The monoisotopic (exact) mass is 397 g/mol. The Morgan fingerprint density at radius 1 is 1.26 bits per heavy atom. The van der Waals surface area contributed by atoms with E-state index in [1.807, 2.05) is 35.4 Å². The normalized spacial score (nSPS) is 15.3. The first-order chi connectivity index (χ1) is 12.9. The van der Waals surface area contributed by atoms with E-state index in [4.69, 9.17) is 0 Å². The van der Waals surface area contributed by atoms with Crippen molar-refractivity contribution in [1.82, 2.24) is 14.7 Å². The second kappa shape index (κ2) is 8.37. The zero-order valence-corrected chi connectivity index (χ0v) is 15.9. The lowest BCUT2D eigenvalue weighted by Gasteiger charge is -2.29. The molecule has 8 heteroatoms. The Morgan fingerprint density at radius 3 is 2.59 bits per heavy atom. The number of rotatable bonds is 6. The second-order valence-electron chi connectivity index (χ2n) is 6.60. The Labute approximate surface area is 160 Å². The van der Waals surface area contributed by atoms with Crippen LogP contribution in [0.5, 0.6) is 0 Å². The molecule has 0 unspecified atom stereocenters.